The summed E-state index contributed by atoms with van der Waals surface area (Å²) in [5.41, 5.74) is 8.13. The fourth-order valence-electron chi connectivity index (χ4n) is 2.81. The number of anilines is 1. The van der Waals surface area contributed by atoms with Crippen LogP contribution in [0.15, 0.2) is 36.5 Å². The van der Waals surface area contributed by atoms with E-state index in [1.54, 1.807) is 18.3 Å². The Kier molecular flexibility index (Phi) is 4.24. The van der Waals surface area contributed by atoms with Crippen LogP contribution in [0, 0.1) is 5.82 Å². The summed E-state index contributed by atoms with van der Waals surface area (Å²) in [5, 5.41) is 0. The zero-order valence-corrected chi connectivity index (χ0v) is 12.6. The Morgan fingerprint density at radius 1 is 1.32 bits per heavy atom. The fourth-order valence-corrected chi connectivity index (χ4v) is 2.81. The monoisotopic (exact) mass is 301 g/mol. The summed E-state index contributed by atoms with van der Waals surface area (Å²) in [7, 11) is 1.52. The van der Waals surface area contributed by atoms with Gasteiger partial charge in [-0.05, 0) is 37.1 Å². The first-order valence-corrected chi connectivity index (χ1v) is 7.48. The number of hydrogen-bond acceptors (Lipinski definition) is 4. The highest BCUT2D eigenvalue weighted by Crippen LogP contribution is 2.26. The van der Waals surface area contributed by atoms with Gasteiger partial charge in [0, 0.05) is 30.8 Å². The summed E-state index contributed by atoms with van der Waals surface area (Å²) in [5.74, 6) is 0.166. The van der Waals surface area contributed by atoms with Crippen molar-refractivity contribution in [1.29, 1.82) is 0 Å². The van der Waals surface area contributed by atoms with Crippen LogP contribution in [-0.4, -0.2) is 31.2 Å². The molecule has 1 aromatic heterocycles. The van der Waals surface area contributed by atoms with Crippen LogP contribution in [-0.2, 0) is 0 Å². The third-order valence-electron chi connectivity index (χ3n) is 4.02. The van der Waals surface area contributed by atoms with Crippen molar-refractivity contribution in [2.75, 3.05) is 25.1 Å². The van der Waals surface area contributed by atoms with Crippen LogP contribution in [0.2, 0.25) is 0 Å². The lowest BCUT2D eigenvalue weighted by molar-refractivity contribution is 0.411. The fraction of sp³-hybridized carbons (Fsp3) is 0.353. The van der Waals surface area contributed by atoms with E-state index in [-0.39, 0.29) is 11.9 Å². The molecule has 0 bridgehead atoms. The molecule has 5 heteroatoms. The van der Waals surface area contributed by atoms with Crippen LogP contribution in [0.5, 0.6) is 5.75 Å². The Hall–Kier alpha value is -2.14. The van der Waals surface area contributed by atoms with Gasteiger partial charge in [-0.1, -0.05) is 0 Å². The summed E-state index contributed by atoms with van der Waals surface area (Å²) in [6.45, 7) is 1.84. The summed E-state index contributed by atoms with van der Waals surface area (Å²) < 4.78 is 19.1. The van der Waals surface area contributed by atoms with Crippen molar-refractivity contribution in [3.8, 4) is 17.0 Å². The first-order chi connectivity index (χ1) is 10.7. The van der Waals surface area contributed by atoms with Gasteiger partial charge in [0.1, 0.15) is 11.6 Å². The molecule has 0 amide bonds. The van der Waals surface area contributed by atoms with Crippen molar-refractivity contribution < 1.29 is 9.13 Å². The van der Waals surface area contributed by atoms with Crippen molar-refractivity contribution in [1.82, 2.24) is 4.98 Å². The summed E-state index contributed by atoms with van der Waals surface area (Å²) in [6.07, 6.45) is 3.95. The normalized spacial score (nSPS) is 18.3. The van der Waals surface area contributed by atoms with Gasteiger partial charge < -0.3 is 15.4 Å². The number of nitrogens with two attached hydrogens (primary N) is 1. The lowest BCUT2D eigenvalue weighted by Gasteiger charge is -2.32. The van der Waals surface area contributed by atoms with Gasteiger partial charge in [-0.2, -0.15) is 0 Å². The molecule has 0 spiro atoms. The second-order valence-electron chi connectivity index (χ2n) is 5.60. The van der Waals surface area contributed by atoms with Crippen LogP contribution in [0.3, 0.4) is 0 Å². The maximum Gasteiger partial charge on any atom is 0.136 e. The number of hydrogen-bond donors (Lipinski definition) is 1. The van der Waals surface area contributed by atoms with Gasteiger partial charge in [0.15, 0.2) is 0 Å². The number of piperidine rings is 1. The first-order valence-electron chi connectivity index (χ1n) is 7.48. The molecule has 0 saturated carbocycles. The minimum absolute atomic E-state index is 0.215. The molecule has 1 saturated heterocycles. The minimum Gasteiger partial charge on any atom is -0.497 e. The van der Waals surface area contributed by atoms with Crippen LogP contribution in [0.4, 0.5) is 10.1 Å². The molecule has 2 N–H and O–H groups in total. The predicted octanol–water partition coefficient (Wildman–Crippen LogP) is 2.82. The molecule has 1 unspecified atom stereocenters. The van der Waals surface area contributed by atoms with E-state index < -0.39 is 0 Å². The number of rotatable bonds is 3. The third kappa shape index (κ3) is 3.04. The molecule has 2 aromatic rings. The quantitative estimate of drug-likeness (QED) is 0.947. The summed E-state index contributed by atoms with van der Waals surface area (Å²) in [6, 6.07) is 8.83. The van der Waals surface area contributed by atoms with Gasteiger partial charge in [-0.25, -0.2) is 4.39 Å². The van der Waals surface area contributed by atoms with Crippen molar-refractivity contribution in [2.24, 2.45) is 5.73 Å². The summed E-state index contributed by atoms with van der Waals surface area (Å²) in [4.78, 5) is 6.63. The molecule has 22 heavy (non-hydrogen) atoms. The molecule has 1 fully saturated rings. The number of ether oxygens (including phenoxy) is 1. The van der Waals surface area contributed by atoms with E-state index >= 15 is 0 Å². The zero-order valence-electron chi connectivity index (χ0n) is 12.6. The molecule has 0 radical (unpaired) electrons. The molecule has 1 aliphatic heterocycles. The molecule has 3 rings (SSSR count). The van der Waals surface area contributed by atoms with Crippen molar-refractivity contribution in [3.05, 3.63) is 42.3 Å². The average molecular weight is 301 g/mol. The Morgan fingerprint density at radius 3 is 2.82 bits per heavy atom. The number of benzene rings is 1. The van der Waals surface area contributed by atoms with Crippen molar-refractivity contribution >= 4 is 5.69 Å². The number of halogens is 1. The highest BCUT2D eigenvalue weighted by atomic mass is 19.1. The number of pyridine rings is 1. The molecule has 1 aromatic carbocycles. The van der Waals surface area contributed by atoms with Gasteiger partial charge >= 0.3 is 0 Å². The molecule has 1 aliphatic rings. The molecule has 4 nitrogen and oxygen atoms in total. The highest BCUT2D eigenvalue weighted by Gasteiger charge is 2.17. The minimum atomic E-state index is -0.334. The molecule has 1 atom stereocenters. The van der Waals surface area contributed by atoms with Crippen LogP contribution in [0.25, 0.3) is 11.3 Å². The average Bonchev–Trinajstić information content (AvgIpc) is 2.55. The second kappa shape index (κ2) is 6.32. The maximum atomic E-state index is 14.1. The zero-order chi connectivity index (χ0) is 15.5. The lowest BCUT2D eigenvalue weighted by Crippen LogP contribution is -2.42. The molecular weight excluding hydrogens is 281 g/mol. The largest absolute Gasteiger partial charge is 0.497 e. The Balaban J connectivity index is 1.82. The summed E-state index contributed by atoms with van der Waals surface area (Å²) >= 11 is 0. The van der Waals surface area contributed by atoms with Crippen molar-refractivity contribution in [3.63, 3.8) is 0 Å². The first kappa shape index (κ1) is 14.8. The smallest absolute Gasteiger partial charge is 0.136 e. The van der Waals surface area contributed by atoms with E-state index in [0.29, 0.717) is 17.0 Å². The molecular formula is C17H20FN3O. The van der Waals surface area contributed by atoms with Gasteiger partial charge in [0.25, 0.3) is 0 Å². The van der Waals surface area contributed by atoms with E-state index in [0.717, 1.165) is 31.6 Å². The van der Waals surface area contributed by atoms with Crippen molar-refractivity contribution in [2.45, 2.75) is 18.9 Å². The van der Waals surface area contributed by atoms with E-state index in [1.165, 1.54) is 13.2 Å². The topological polar surface area (TPSA) is 51.4 Å². The third-order valence-corrected chi connectivity index (χ3v) is 4.02. The van der Waals surface area contributed by atoms with E-state index in [1.807, 2.05) is 12.1 Å². The maximum absolute atomic E-state index is 14.1. The highest BCUT2D eigenvalue weighted by molar-refractivity contribution is 5.63. The number of aromatic nitrogens is 1. The van der Waals surface area contributed by atoms with E-state index in [4.69, 9.17) is 10.5 Å². The second-order valence-corrected chi connectivity index (χ2v) is 5.60. The molecule has 0 aliphatic carbocycles. The SMILES string of the molecule is COc1ccc(-c2ccc(N3CCCC(N)C3)cn2)c(F)c1. The van der Waals surface area contributed by atoms with Crippen LogP contribution < -0.4 is 15.4 Å². The Bertz CT molecular complexity index is 645. The predicted molar refractivity (Wildman–Crippen MR) is 85.6 cm³/mol. The lowest BCUT2D eigenvalue weighted by atomic mass is 10.1. The molecule has 116 valence electrons. The van der Waals surface area contributed by atoms with E-state index in [9.17, 15) is 4.39 Å². The van der Waals surface area contributed by atoms with Gasteiger partial charge in [0.05, 0.1) is 24.7 Å². The number of nitrogens with zero attached hydrogens (tertiary/aromatic N) is 2. The van der Waals surface area contributed by atoms with E-state index in [2.05, 4.69) is 9.88 Å². The van der Waals surface area contributed by atoms with Gasteiger partial charge in [-0.3, -0.25) is 4.98 Å². The van der Waals surface area contributed by atoms with Crippen LogP contribution >= 0.6 is 0 Å². The van der Waals surface area contributed by atoms with Crippen LogP contribution in [0.1, 0.15) is 12.8 Å². The Morgan fingerprint density at radius 2 is 2.18 bits per heavy atom. The van der Waals surface area contributed by atoms with Gasteiger partial charge in [0.2, 0.25) is 0 Å². The van der Waals surface area contributed by atoms with Gasteiger partial charge in [-0.15, -0.1) is 0 Å². The standard InChI is InChI=1S/C17H20FN3O/c1-22-14-5-6-15(16(18)9-14)17-7-4-13(10-20-17)21-8-2-3-12(19)11-21/h4-7,9-10,12H,2-3,8,11,19H2,1H3. The number of methoxy groups -OCH3 is 1. The molecule has 2 heterocycles. The Labute approximate surface area is 129 Å².